The molecule has 1 N–H and O–H groups in total. The summed E-state index contributed by atoms with van der Waals surface area (Å²) in [5.74, 6) is -3.22. The van der Waals surface area contributed by atoms with E-state index in [1.807, 2.05) is 0 Å². The number of nitrogens with zero attached hydrogens (tertiary/aromatic N) is 1. The van der Waals surface area contributed by atoms with Crippen LogP contribution in [0.5, 0.6) is 0 Å². The van der Waals surface area contributed by atoms with Crippen LogP contribution < -0.4 is 0 Å². The van der Waals surface area contributed by atoms with Crippen LogP contribution in [0.1, 0.15) is 48.0 Å². The van der Waals surface area contributed by atoms with Crippen LogP contribution in [0.15, 0.2) is 12.1 Å². The zero-order chi connectivity index (χ0) is 16.7. The lowest BCUT2D eigenvalue weighted by molar-refractivity contribution is -0.141. The third-order valence-corrected chi connectivity index (χ3v) is 5.09. The highest BCUT2D eigenvalue weighted by Crippen LogP contribution is 2.40. The summed E-state index contributed by atoms with van der Waals surface area (Å²) in [4.78, 5) is 25.7. The molecular formula is C17H19F2NO3. The monoisotopic (exact) mass is 323 g/mol. The van der Waals surface area contributed by atoms with E-state index >= 15 is 0 Å². The van der Waals surface area contributed by atoms with Gasteiger partial charge in [0.15, 0.2) is 0 Å². The molecule has 1 heterocycles. The number of carbonyl (C=O) groups excluding carboxylic acids is 1. The van der Waals surface area contributed by atoms with Gasteiger partial charge in [0.25, 0.3) is 5.91 Å². The van der Waals surface area contributed by atoms with Gasteiger partial charge in [-0.25, -0.2) is 13.6 Å². The Bertz CT molecular complexity index is 661. The summed E-state index contributed by atoms with van der Waals surface area (Å²) < 4.78 is 27.5. The summed E-state index contributed by atoms with van der Waals surface area (Å²) in [5.41, 5.74) is -0.0811. The molecule has 124 valence electrons. The van der Waals surface area contributed by atoms with Crippen LogP contribution in [-0.2, 0) is 4.79 Å². The standard InChI is InChI=1S/C17H19F2NO3/c1-9-6-11(13(19)8-12(9)18)16(21)20-14-5-3-2-4-10(14)7-15(20)17(22)23/h6,8,10,14-15H,2-5,7H2,1H3,(H,22,23). The van der Waals surface area contributed by atoms with Gasteiger partial charge in [-0.15, -0.1) is 0 Å². The van der Waals surface area contributed by atoms with Crippen LogP contribution >= 0.6 is 0 Å². The number of carboxylic acids is 1. The number of aryl methyl sites for hydroxylation is 1. The molecule has 1 aliphatic heterocycles. The lowest BCUT2D eigenvalue weighted by atomic mass is 9.84. The molecule has 3 rings (SSSR count). The third kappa shape index (κ3) is 2.71. The van der Waals surface area contributed by atoms with Crippen LogP contribution in [0.4, 0.5) is 8.78 Å². The first kappa shape index (κ1) is 15.9. The Balaban J connectivity index is 1.98. The molecule has 3 atom stereocenters. The second-order valence-corrected chi connectivity index (χ2v) is 6.50. The number of aliphatic carboxylic acids is 1. The van der Waals surface area contributed by atoms with Gasteiger partial charge in [-0.3, -0.25) is 4.79 Å². The highest BCUT2D eigenvalue weighted by Gasteiger charge is 2.48. The van der Waals surface area contributed by atoms with Gasteiger partial charge in [-0.1, -0.05) is 12.8 Å². The molecule has 1 amide bonds. The molecule has 0 radical (unpaired) electrons. The maximum Gasteiger partial charge on any atom is 0.326 e. The number of benzene rings is 1. The van der Waals surface area contributed by atoms with Crippen molar-refractivity contribution in [3.8, 4) is 0 Å². The lowest BCUT2D eigenvalue weighted by Crippen LogP contribution is -2.46. The number of amides is 1. The van der Waals surface area contributed by atoms with Crippen molar-refractivity contribution < 1.29 is 23.5 Å². The minimum absolute atomic E-state index is 0.151. The quantitative estimate of drug-likeness (QED) is 0.910. The second kappa shape index (κ2) is 5.91. The van der Waals surface area contributed by atoms with Crippen molar-refractivity contribution in [2.45, 2.75) is 51.1 Å². The Hall–Kier alpha value is -1.98. The normalized spacial score (nSPS) is 26.9. The molecule has 0 bridgehead atoms. The van der Waals surface area contributed by atoms with E-state index in [2.05, 4.69) is 0 Å². The molecule has 4 nitrogen and oxygen atoms in total. The highest BCUT2D eigenvalue weighted by molar-refractivity contribution is 5.97. The molecular weight excluding hydrogens is 304 g/mol. The van der Waals surface area contributed by atoms with Crippen LogP contribution in [0.25, 0.3) is 0 Å². The van der Waals surface area contributed by atoms with Crippen molar-refractivity contribution in [1.82, 2.24) is 4.90 Å². The summed E-state index contributed by atoms with van der Waals surface area (Å²) in [6.45, 7) is 1.45. The molecule has 23 heavy (non-hydrogen) atoms. The fourth-order valence-electron chi connectivity index (χ4n) is 3.93. The topological polar surface area (TPSA) is 57.6 Å². The van der Waals surface area contributed by atoms with Crippen LogP contribution in [0.2, 0.25) is 0 Å². The number of hydrogen-bond acceptors (Lipinski definition) is 2. The number of hydrogen-bond donors (Lipinski definition) is 1. The Morgan fingerprint density at radius 2 is 1.87 bits per heavy atom. The van der Waals surface area contributed by atoms with E-state index < -0.39 is 29.6 Å². The predicted molar refractivity (Wildman–Crippen MR) is 79.1 cm³/mol. The Labute approximate surface area is 133 Å². The van der Waals surface area contributed by atoms with Gasteiger partial charge >= 0.3 is 5.97 Å². The molecule has 6 heteroatoms. The van der Waals surface area contributed by atoms with Gasteiger partial charge in [0.1, 0.15) is 17.7 Å². The second-order valence-electron chi connectivity index (χ2n) is 6.50. The van der Waals surface area contributed by atoms with Gasteiger partial charge in [0.2, 0.25) is 0 Å². The van der Waals surface area contributed by atoms with E-state index in [1.165, 1.54) is 17.9 Å². The van der Waals surface area contributed by atoms with E-state index in [4.69, 9.17) is 0 Å². The van der Waals surface area contributed by atoms with E-state index in [0.717, 1.165) is 25.7 Å². The molecule has 3 unspecified atom stereocenters. The zero-order valence-electron chi connectivity index (χ0n) is 12.9. The summed E-state index contributed by atoms with van der Waals surface area (Å²) in [6, 6.07) is 0.761. The summed E-state index contributed by atoms with van der Waals surface area (Å²) in [7, 11) is 0. The number of fused-ring (bicyclic) bond motifs is 1. The smallest absolute Gasteiger partial charge is 0.326 e. The van der Waals surface area contributed by atoms with E-state index in [-0.39, 0.29) is 23.1 Å². The molecule has 1 aliphatic carbocycles. The van der Waals surface area contributed by atoms with Crippen LogP contribution in [0, 0.1) is 24.5 Å². The number of halogens is 2. The van der Waals surface area contributed by atoms with E-state index in [1.54, 1.807) is 0 Å². The zero-order valence-corrected chi connectivity index (χ0v) is 12.9. The lowest BCUT2D eigenvalue weighted by Gasteiger charge is -2.33. The SMILES string of the molecule is Cc1cc(C(=O)N2C(C(=O)O)CC3CCCCC32)c(F)cc1F. The van der Waals surface area contributed by atoms with E-state index in [9.17, 15) is 23.5 Å². The van der Waals surface area contributed by atoms with Crippen molar-refractivity contribution in [2.75, 3.05) is 0 Å². The van der Waals surface area contributed by atoms with Gasteiger partial charge < -0.3 is 10.0 Å². The first-order valence-electron chi connectivity index (χ1n) is 7.91. The van der Waals surface area contributed by atoms with Crippen LogP contribution in [-0.4, -0.2) is 34.0 Å². The van der Waals surface area contributed by atoms with Gasteiger partial charge in [0, 0.05) is 12.1 Å². The van der Waals surface area contributed by atoms with Crippen molar-refractivity contribution in [2.24, 2.45) is 5.92 Å². The van der Waals surface area contributed by atoms with Crippen molar-refractivity contribution in [3.63, 3.8) is 0 Å². The van der Waals surface area contributed by atoms with Crippen molar-refractivity contribution >= 4 is 11.9 Å². The van der Waals surface area contributed by atoms with Gasteiger partial charge in [0.05, 0.1) is 5.56 Å². The first-order chi connectivity index (χ1) is 10.9. The fourth-order valence-corrected chi connectivity index (χ4v) is 3.93. The molecule has 0 spiro atoms. The number of carbonyl (C=O) groups is 2. The van der Waals surface area contributed by atoms with Crippen molar-refractivity contribution in [3.05, 3.63) is 34.9 Å². The molecule has 2 fully saturated rings. The number of rotatable bonds is 2. The number of likely N-dealkylation sites (tertiary alicyclic amines) is 1. The molecule has 1 saturated carbocycles. The van der Waals surface area contributed by atoms with Crippen molar-refractivity contribution in [1.29, 1.82) is 0 Å². The van der Waals surface area contributed by atoms with Gasteiger partial charge in [-0.05, 0) is 43.7 Å². The largest absolute Gasteiger partial charge is 0.480 e. The first-order valence-corrected chi connectivity index (χ1v) is 7.91. The summed E-state index contributed by atoms with van der Waals surface area (Å²) >= 11 is 0. The predicted octanol–water partition coefficient (Wildman–Crippen LogP) is 3.13. The molecule has 2 aliphatic rings. The highest BCUT2D eigenvalue weighted by atomic mass is 19.1. The summed E-state index contributed by atoms with van der Waals surface area (Å²) in [6.07, 6.45) is 4.00. The number of carboxylic acid groups (broad SMARTS) is 1. The Morgan fingerprint density at radius 1 is 1.17 bits per heavy atom. The molecule has 1 aromatic rings. The maximum absolute atomic E-state index is 14.1. The van der Waals surface area contributed by atoms with Crippen LogP contribution in [0.3, 0.4) is 0 Å². The van der Waals surface area contributed by atoms with Gasteiger partial charge in [-0.2, -0.15) is 0 Å². The third-order valence-electron chi connectivity index (χ3n) is 5.09. The minimum atomic E-state index is -1.06. The van der Waals surface area contributed by atoms with E-state index in [0.29, 0.717) is 12.5 Å². The average Bonchev–Trinajstić information content (AvgIpc) is 2.90. The molecule has 1 aromatic carbocycles. The minimum Gasteiger partial charge on any atom is -0.480 e. The molecule has 0 aromatic heterocycles. The average molecular weight is 323 g/mol. The molecule has 1 saturated heterocycles. The maximum atomic E-state index is 14.1. The summed E-state index contributed by atoms with van der Waals surface area (Å²) in [5, 5.41) is 9.45. The fraction of sp³-hybridized carbons (Fsp3) is 0.529. The Kier molecular flexibility index (Phi) is 4.08. The Morgan fingerprint density at radius 3 is 2.57 bits per heavy atom.